The van der Waals surface area contributed by atoms with E-state index >= 15 is 0 Å². The third kappa shape index (κ3) is 6.03. The Labute approximate surface area is 212 Å². The molecule has 0 aromatic heterocycles. The van der Waals surface area contributed by atoms with Crippen LogP contribution in [0.1, 0.15) is 20.7 Å². The molecule has 3 rings (SSSR count). The molecule has 2 amide bonds. The van der Waals surface area contributed by atoms with Crippen molar-refractivity contribution in [3.8, 4) is 5.75 Å². The van der Waals surface area contributed by atoms with Crippen LogP contribution >= 0.6 is 0 Å². The maximum atomic E-state index is 13.5. The highest BCUT2D eigenvalue weighted by molar-refractivity contribution is 5.96. The van der Waals surface area contributed by atoms with E-state index in [2.05, 4.69) is 27.5 Å². The van der Waals surface area contributed by atoms with E-state index in [0.717, 1.165) is 26.2 Å². The summed E-state index contributed by atoms with van der Waals surface area (Å²) >= 11 is 0. The Balaban J connectivity index is 1.99. The highest BCUT2D eigenvalue weighted by Crippen LogP contribution is 2.29. The van der Waals surface area contributed by atoms with E-state index in [1.807, 2.05) is 6.07 Å². The van der Waals surface area contributed by atoms with Gasteiger partial charge in [-0.25, -0.2) is 0 Å². The number of benzene rings is 2. The largest absolute Gasteiger partial charge is 0.497 e. The first-order valence-electron chi connectivity index (χ1n) is 11.7. The van der Waals surface area contributed by atoms with E-state index in [0.29, 0.717) is 16.9 Å². The minimum atomic E-state index is -1.86. The third-order valence-electron chi connectivity index (χ3n) is 6.48. The summed E-state index contributed by atoms with van der Waals surface area (Å²) in [6.07, 6.45) is 0. The lowest BCUT2D eigenvalue weighted by atomic mass is 10.0. The van der Waals surface area contributed by atoms with Gasteiger partial charge in [0.2, 0.25) is 5.72 Å². The van der Waals surface area contributed by atoms with Gasteiger partial charge in [-0.1, -0.05) is 18.2 Å². The van der Waals surface area contributed by atoms with Gasteiger partial charge in [-0.15, -0.1) is 0 Å². The van der Waals surface area contributed by atoms with Crippen LogP contribution < -0.4 is 15.4 Å². The van der Waals surface area contributed by atoms with Gasteiger partial charge in [0.05, 0.1) is 13.7 Å². The van der Waals surface area contributed by atoms with Crippen molar-refractivity contribution in [2.45, 2.75) is 11.6 Å². The molecule has 2 aromatic carbocycles. The summed E-state index contributed by atoms with van der Waals surface area (Å²) in [6.45, 7) is 3.34. The van der Waals surface area contributed by atoms with Crippen LogP contribution in [0, 0.1) is 0 Å². The van der Waals surface area contributed by atoms with Gasteiger partial charge in [0.25, 0.3) is 11.8 Å². The zero-order valence-corrected chi connectivity index (χ0v) is 21.6. The van der Waals surface area contributed by atoms with Crippen LogP contribution in [0.25, 0.3) is 0 Å². The van der Waals surface area contributed by atoms with E-state index in [4.69, 9.17) is 18.9 Å². The van der Waals surface area contributed by atoms with Crippen LogP contribution in [0.5, 0.6) is 5.75 Å². The molecule has 1 saturated heterocycles. The first-order valence-corrected chi connectivity index (χ1v) is 11.7. The highest BCUT2D eigenvalue weighted by atomic mass is 16.7. The summed E-state index contributed by atoms with van der Waals surface area (Å²) in [4.78, 5) is 31.1. The molecular formula is C26H36N4O6. The minimum absolute atomic E-state index is 0.190. The van der Waals surface area contributed by atoms with Crippen LogP contribution in [0.4, 0.5) is 0 Å². The number of carbonyl (C=O) groups excluding carboxylic acids is 2. The van der Waals surface area contributed by atoms with Gasteiger partial charge in [-0.05, 0) is 43.4 Å². The molecule has 10 nitrogen and oxygen atoms in total. The summed E-state index contributed by atoms with van der Waals surface area (Å²) in [6, 6.07) is 15.4. The van der Waals surface area contributed by atoms with E-state index in [1.165, 1.54) is 21.3 Å². The molecular weight excluding hydrogens is 464 g/mol. The summed E-state index contributed by atoms with van der Waals surface area (Å²) in [7, 11) is 7.85. The molecule has 36 heavy (non-hydrogen) atoms. The molecule has 10 heteroatoms. The number of amides is 2. The van der Waals surface area contributed by atoms with Crippen LogP contribution in [0.15, 0.2) is 54.6 Å². The molecule has 0 bridgehead atoms. The topological polar surface area (TPSA) is 102 Å². The van der Waals surface area contributed by atoms with Gasteiger partial charge in [0, 0.05) is 58.6 Å². The van der Waals surface area contributed by atoms with Gasteiger partial charge < -0.3 is 29.2 Å². The monoisotopic (exact) mass is 500 g/mol. The Morgan fingerprint density at radius 1 is 0.778 bits per heavy atom. The summed E-state index contributed by atoms with van der Waals surface area (Å²) in [5.41, 5.74) is -0.832. The summed E-state index contributed by atoms with van der Waals surface area (Å²) < 4.78 is 22.9. The van der Waals surface area contributed by atoms with Gasteiger partial charge in [-0.3, -0.25) is 19.8 Å². The van der Waals surface area contributed by atoms with E-state index in [9.17, 15) is 9.59 Å². The Morgan fingerprint density at radius 2 is 1.33 bits per heavy atom. The summed E-state index contributed by atoms with van der Waals surface area (Å²) in [5.74, 6) is -2.11. The molecule has 1 atom stereocenters. The lowest BCUT2D eigenvalue weighted by Crippen LogP contribution is -2.77. The molecule has 2 aromatic rings. The second kappa shape index (κ2) is 12.3. The molecule has 0 radical (unpaired) electrons. The molecule has 0 aliphatic carbocycles. The van der Waals surface area contributed by atoms with E-state index in [1.54, 1.807) is 55.6 Å². The smallest absolute Gasteiger partial charge is 0.303 e. The van der Waals surface area contributed by atoms with Crippen molar-refractivity contribution in [3.63, 3.8) is 0 Å². The standard InChI is InChI=1S/C26H36N4O6/c1-29-15-17-30(18-16-29)19-25(34-3,27-23(31)21-11-13-22(33-2)14-12-21)26(35-4,36-5)28-24(32)20-9-7-6-8-10-20/h6-14H,15-19H2,1-5H3,(H,27,31)(H,28,32). The highest BCUT2D eigenvalue weighted by Gasteiger charge is 2.57. The molecule has 196 valence electrons. The minimum Gasteiger partial charge on any atom is -0.497 e. The predicted octanol–water partition coefficient (Wildman–Crippen LogP) is 1.39. The van der Waals surface area contributed by atoms with Crippen molar-refractivity contribution >= 4 is 11.8 Å². The maximum Gasteiger partial charge on any atom is 0.303 e. The first-order chi connectivity index (χ1) is 17.3. The average Bonchev–Trinajstić information content (AvgIpc) is 2.93. The molecule has 0 saturated carbocycles. The Kier molecular flexibility index (Phi) is 9.41. The lowest BCUT2D eigenvalue weighted by Gasteiger charge is -2.49. The molecule has 1 unspecified atom stereocenters. The number of hydrogen-bond donors (Lipinski definition) is 2. The van der Waals surface area contributed by atoms with Crippen molar-refractivity contribution in [3.05, 3.63) is 65.7 Å². The van der Waals surface area contributed by atoms with Crippen LogP contribution in [0.2, 0.25) is 0 Å². The summed E-state index contributed by atoms with van der Waals surface area (Å²) in [5, 5.41) is 5.80. The zero-order chi connectivity index (χ0) is 26.2. The fraction of sp³-hybridized carbons (Fsp3) is 0.462. The Morgan fingerprint density at radius 3 is 1.86 bits per heavy atom. The molecule has 1 fully saturated rings. The second-order valence-corrected chi connectivity index (χ2v) is 8.64. The Hall–Kier alpha value is -3.02. The SMILES string of the molecule is COc1ccc(C(=O)NC(CN2CCN(C)CC2)(OC)C(NC(=O)c2ccccc2)(OC)OC)cc1. The fourth-order valence-corrected chi connectivity index (χ4v) is 4.22. The molecule has 0 spiro atoms. The van der Waals surface area contributed by atoms with Gasteiger partial charge in [0.15, 0.2) is 0 Å². The molecule has 1 heterocycles. The Bertz CT molecular complexity index is 991. The number of ether oxygens (including phenoxy) is 4. The van der Waals surface area contributed by atoms with Crippen molar-refractivity contribution in [2.75, 3.05) is 68.2 Å². The third-order valence-corrected chi connectivity index (χ3v) is 6.48. The van der Waals surface area contributed by atoms with Gasteiger partial charge in [-0.2, -0.15) is 0 Å². The van der Waals surface area contributed by atoms with Gasteiger partial charge >= 0.3 is 5.91 Å². The number of hydrogen-bond acceptors (Lipinski definition) is 8. The van der Waals surface area contributed by atoms with Crippen molar-refractivity contribution in [1.82, 2.24) is 20.4 Å². The number of methoxy groups -OCH3 is 4. The van der Waals surface area contributed by atoms with Crippen molar-refractivity contribution in [1.29, 1.82) is 0 Å². The van der Waals surface area contributed by atoms with Gasteiger partial charge in [0.1, 0.15) is 5.75 Å². The van der Waals surface area contributed by atoms with Crippen LogP contribution in [0.3, 0.4) is 0 Å². The predicted molar refractivity (Wildman–Crippen MR) is 135 cm³/mol. The molecule has 1 aliphatic rings. The number of likely N-dealkylation sites (N-methyl/N-ethyl adjacent to an activating group) is 1. The van der Waals surface area contributed by atoms with Crippen LogP contribution in [-0.2, 0) is 14.2 Å². The van der Waals surface area contributed by atoms with E-state index < -0.39 is 23.5 Å². The number of nitrogens with zero attached hydrogens (tertiary/aromatic N) is 2. The maximum absolute atomic E-state index is 13.5. The van der Waals surface area contributed by atoms with Crippen LogP contribution in [-0.4, -0.2) is 101 Å². The number of nitrogens with one attached hydrogen (secondary N) is 2. The fourth-order valence-electron chi connectivity index (χ4n) is 4.22. The van der Waals surface area contributed by atoms with Crippen molar-refractivity contribution in [2.24, 2.45) is 0 Å². The van der Waals surface area contributed by atoms with Crippen molar-refractivity contribution < 1.29 is 28.5 Å². The number of piperazine rings is 1. The molecule has 1 aliphatic heterocycles. The average molecular weight is 501 g/mol. The normalized spacial score (nSPS) is 16.7. The first kappa shape index (κ1) is 27.6. The lowest BCUT2D eigenvalue weighted by molar-refractivity contribution is -0.328. The molecule has 2 N–H and O–H groups in total. The number of rotatable bonds is 11. The quantitative estimate of drug-likeness (QED) is 0.447. The number of carbonyl (C=O) groups is 2. The zero-order valence-electron chi connectivity index (χ0n) is 21.6. The van der Waals surface area contributed by atoms with E-state index in [-0.39, 0.29) is 6.54 Å². The second-order valence-electron chi connectivity index (χ2n) is 8.64.